The average molecular weight is 428 g/mol. The maximum Gasteiger partial charge on any atom is 0.337 e. The number of rotatable bonds is 5. The lowest BCUT2D eigenvalue weighted by molar-refractivity contribution is 0.0600. The molecule has 162 valence electrons. The van der Waals surface area contributed by atoms with Crippen LogP contribution in [0.1, 0.15) is 28.9 Å². The van der Waals surface area contributed by atoms with E-state index in [0.29, 0.717) is 54.3 Å². The van der Waals surface area contributed by atoms with Crippen LogP contribution in [0.2, 0.25) is 0 Å². The summed E-state index contributed by atoms with van der Waals surface area (Å²) in [5.74, 6) is -0.973. The molecule has 1 N–H and O–H groups in total. The van der Waals surface area contributed by atoms with Crippen molar-refractivity contribution in [2.75, 3.05) is 43.6 Å². The number of aromatic nitrogens is 2. The molecule has 1 fully saturated rings. The highest BCUT2D eigenvalue weighted by Crippen LogP contribution is 2.29. The topological polar surface area (TPSA) is 76.6 Å². The van der Waals surface area contributed by atoms with E-state index in [2.05, 4.69) is 15.2 Å². The number of methoxy groups -OCH3 is 1. The minimum absolute atomic E-state index is 0.0152. The molecule has 31 heavy (non-hydrogen) atoms. The first-order valence-corrected chi connectivity index (χ1v) is 9.89. The zero-order valence-electron chi connectivity index (χ0n) is 17.2. The van der Waals surface area contributed by atoms with Gasteiger partial charge in [0.25, 0.3) is 0 Å². The van der Waals surface area contributed by atoms with Crippen LogP contribution in [0.15, 0.2) is 36.5 Å². The van der Waals surface area contributed by atoms with Gasteiger partial charge in [-0.05, 0) is 37.3 Å². The van der Waals surface area contributed by atoms with E-state index < -0.39 is 23.6 Å². The van der Waals surface area contributed by atoms with Crippen LogP contribution in [0.25, 0.3) is 11.0 Å². The van der Waals surface area contributed by atoms with Crippen LogP contribution in [0.5, 0.6) is 0 Å². The van der Waals surface area contributed by atoms with Crippen LogP contribution < -0.4 is 10.2 Å². The summed E-state index contributed by atoms with van der Waals surface area (Å²) < 4.78 is 38.0. The predicted octanol–water partition coefficient (Wildman–Crippen LogP) is 3.70. The standard InChI is InChI=1S/C22H22F2N4O3/c1-13(26-18-11-15(23)3-4-17(18)24)16-9-14(22(29)30-2)10-19-21(16)27-20(12-25-19)28-5-7-31-8-6-28/h3-4,9-13,26H,5-8H2,1-2H3. The van der Waals surface area contributed by atoms with Gasteiger partial charge in [0.05, 0.1) is 54.8 Å². The van der Waals surface area contributed by atoms with E-state index in [0.717, 1.165) is 18.2 Å². The number of fused-ring (bicyclic) bond motifs is 1. The largest absolute Gasteiger partial charge is 0.465 e. The second-order valence-corrected chi connectivity index (χ2v) is 7.24. The van der Waals surface area contributed by atoms with Gasteiger partial charge in [0.1, 0.15) is 17.5 Å². The maximum absolute atomic E-state index is 14.2. The Kier molecular flexibility index (Phi) is 5.94. The Hall–Kier alpha value is -3.33. The van der Waals surface area contributed by atoms with E-state index in [1.807, 2.05) is 0 Å². The zero-order valence-corrected chi connectivity index (χ0v) is 17.2. The van der Waals surface area contributed by atoms with Crippen molar-refractivity contribution in [1.29, 1.82) is 0 Å². The van der Waals surface area contributed by atoms with Crippen molar-refractivity contribution < 1.29 is 23.0 Å². The normalized spacial score (nSPS) is 15.0. The van der Waals surface area contributed by atoms with Crippen LogP contribution in [-0.4, -0.2) is 49.4 Å². The number of hydrogen-bond donors (Lipinski definition) is 1. The van der Waals surface area contributed by atoms with Gasteiger partial charge in [0.15, 0.2) is 0 Å². The van der Waals surface area contributed by atoms with E-state index in [9.17, 15) is 13.6 Å². The number of morpholine rings is 1. The third-order valence-corrected chi connectivity index (χ3v) is 5.19. The molecule has 0 saturated carbocycles. The second-order valence-electron chi connectivity index (χ2n) is 7.24. The monoisotopic (exact) mass is 428 g/mol. The van der Waals surface area contributed by atoms with Crippen molar-refractivity contribution >= 4 is 28.5 Å². The fraction of sp³-hybridized carbons (Fsp3) is 0.318. The molecule has 1 aliphatic heterocycles. The SMILES string of the molecule is COC(=O)c1cc(C(C)Nc2cc(F)ccc2F)c2nc(N3CCOCC3)cnc2c1. The molecule has 0 amide bonds. The first-order chi connectivity index (χ1) is 15.0. The first-order valence-electron chi connectivity index (χ1n) is 9.89. The van der Waals surface area contributed by atoms with Gasteiger partial charge in [-0.15, -0.1) is 0 Å². The molecule has 4 rings (SSSR count). The van der Waals surface area contributed by atoms with Crippen molar-refractivity contribution in [1.82, 2.24) is 9.97 Å². The van der Waals surface area contributed by atoms with Crippen molar-refractivity contribution in [2.45, 2.75) is 13.0 Å². The lowest BCUT2D eigenvalue weighted by atomic mass is 10.0. The Morgan fingerprint density at radius 1 is 1.23 bits per heavy atom. The average Bonchev–Trinajstić information content (AvgIpc) is 2.80. The van der Waals surface area contributed by atoms with Gasteiger partial charge in [-0.3, -0.25) is 4.98 Å². The molecule has 0 bridgehead atoms. The number of nitrogens with one attached hydrogen (secondary N) is 1. The smallest absolute Gasteiger partial charge is 0.337 e. The summed E-state index contributed by atoms with van der Waals surface area (Å²) in [6.07, 6.45) is 1.66. The van der Waals surface area contributed by atoms with Gasteiger partial charge in [-0.1, -0.05) is 0 Å². The number of anilines is 2. The molecule has 1 atom stereocenters. The molecular formula is C22H22F2N4O3. The Labute approximate surface area is 178 Å². The lowest BCUT2D eigenvalue weighted by Crippen LogP contribution is -2.36. The highest BCUT2D eigenvalue weighted by atomic mass is 19.1. The number of carbonyl (C=O) groups is 1. The Bertz CT molecular complexity index is 1120. The molecule has 9 heteroatoms. The summed E-state index contributed by atoms with van der Waals surface area (Å²) in [6.45, 7) is 4.37. The third-order valence-electron chi connectivity index (χ3n) is 5.19. The minimum Gasteiger partial charge on any atom is -0.465 e. The van der Waals surface area contributed by atoms with Crippen LogP contribution in [0.3, 0.4) is 0 Å². The summed E-state index contributed by atoms with van der Waals surface area (Å²) >= 11 is 0. The lowest BCUT2D eigenvalue weighted by Gasteiger charge is -2.28. The summed E-state index contributed by atoms with van der Waals surface area (Å²) in [6, 6.07) is 5.94. The number of esters is 1. The molecule has 1 saturated heterocycles. The van der Waals surface area contributed by atoms with Gasteiger partial charge in [0, 0.05) is 18.7 Å². The Morgan fingerprint density at radius 3 is 2.74 bits per heavy atom. The molecule has 0 aliphatic carbocycles. The molecule has 2 heterocycles. The summed E-state index contributed by atoms with van der Waals surface area (Å²) in [7, 11) is 1.29. The minimum atomic E-state index is -0.582. The second kappa shape index (κ2) is 8.81. The number of hydrogen-bond acceptors (Lipinski definition) is 7. The van der Waals surface area contributed by atoms with Gasteiger partial charge < -0.3 is 19.7 Å². The quantitative estimate of drug-likeness (QED) is 0.621. The highest BCUT2D eigenvalue weighted by molar-refractivity contribution is 5.95. The maximum atomic E-state index is 14.2. The molecule has 3 aromatic rings. The predicted molar refractivity (Wildman–Crippen MR) is 112 cm³/mol. The Morgan fingerprint density at radius 2 is 2.00 bits per heavy atom. The van der Waals surface area contributed by atoms with E-state index >= 15 is 0 Å². The van der Waals surface area contributed by atoms with Crippen molar-refractivity contribution in [3.63, 3.8) is 0 Å². The van der Waals surface area contributed by atoms with E-state index in [-0.39, 0.29) is 5.69 Å². The molecule has 7 nitrogen and oxygen atoms in total. The van der Waals surface area contributed by atoms with Crippen molar-refractivity contribution in [3.05, 3.63) is 59.3 Å². The van der Waals surface area contributed by atoms with Gasteiger partial charge in [0.2, 0.25) is 0 Å². The summed E-state index contributed by atoms with van der Waals surface area (Å²) in [5, 5.41) is 2.97. The summed E-state index contributed by atoms with van der Waals surface area (Å²) in [5.41, 5.74) is 1.99. The van der Waals surface area contributed by atoms with Crippen molar-refractivity contribution in [2.24, 2.45) is 0 Å². The van der Waals surface area contributed by atoms with Gasteiger partial charge >= 0.3 is 5.97 Å². The van der Waals surface area contributed by atoms with E-state index in [1.54, 1.807) is 25.3 Å². The molecule has 1 aliphatic rings. The molecule has 0 spiro atoms. The van der Waals surface area contributed by atoms with Crippen LogP contribution in [0, 0.1) is 11.6 Å². The van der Waals surface area contributed by atoms with Crippen LogP contribution >= 0.6 is 0 Å². The zero-order chi connectivity index (χ0) is 22.0. The fourth-order valence-corrected chi connectivity index (χ4v) is 3.56. The number of benzene rings is 2. The number of nitrogens with zero attached hydrogens (tertiary/aromatic N) is 3. The summed E-state index contributed by atoms with van der Waals surface area (Å²) in [4.78, 5) is 23.5. The van der Waals surface area contributed by atoms with Gasteiger partial charge in [-0.2, -0.15) is 0 Å². The van der Waals surface area contributed by atoms with Gasteiger partial charge in [-0.25, -0.2) is 18.6 Å². The van der Waals surface area contributed by atoms with Crippen LogP contribution in [-0.2, 0) is 9.47 Å². The first kappa shape index (κ1) is 20.9. The number of halogens is 2. The number of ether oxygens (including phenoxy) is 2. The third kappa shape index (κ3) is 4.41. The molecular weight excluding hydrogens is 406 g/mol. The number of carbonyl (C=O) groups excluding carboxylic acids is 1. The molecule has 1 unspecified atom stereocenters. The van der Waals surface area contributed by atoms with E-state index in [1.165, 1.54) is 7.11 Å². The fourth-order valence-electron chi connectivity index (χ4n) is 3.56. The van der Waals surface area contributed by atoms with Crippen molar-refractivity contribution in [3.8, 4) is 0 Å². The molecule has 0 radical (unpaired) electrons. The molecule has 2 aromatic carbocycles. The highest BCUT2D eigenvalue weighted by Gasteiger charge is 2.20. The molecule has 1 aromatic heterocycles. The Balaban J connectivity index is 1.79. The van der Waals surface area contributed by atoms with E-state index in [4.69, 9.17) is 14.5 Å². The van der Waals surface area contributed by atoms with Crippen LogP contribution in [0.4, 0.5) is 20.3 Å².